The van der Waals surface area contributed by atoms with Crippen LogP contribution in [0, 0.1) is 19.7 Å². The molecule has 25 heavy (non-hydrogen) atoms. The lowest BCUT2D eigenvalue weighted by Gasteiger charge is -2.32. The highest BCUT2D eigenvalue weighted by molar-refractivity contribution is 5.93. The van der Waals surface area contributed by atoms with Gasteiger partial charge in [0.25, 0.3) is 0 Å². The monoisotopic (exact) mass is 342 g/mol. The van der Waals surface area contributed by atoms with Crippen molar-refractivity contribution in [1.29, 1.82) is 0 Å². The number of halogens is 1. The van der Waals surface area contributed by atoms with Gasteiger partial charge in [0, 0.05) is 18.8 Å². The second-order valence-corrected chi connectivity index (χ2v) is 6.46. The van der Waals surface area contributed by atoms with Gasteiger partial charge in [-0.05, 0) is 42.7 Å². The fourth-order valence-electron chi connectivity index (χ4n) is 3.12. The van der Waals surface area contributed by atoms with Crippen LogP contribution in [0.4, 0.5) is 10.1 Å². The van der Waals surface area contributed by atoms with E-state index >= 15 is 0 Å². The Morgan fingerprint density at radius 3 is 2.56 bits per heavy atom. The number of amides is 1. The van der Waals surface area contributed by atoms with Crippen LogP contribution in [0.25, 0.3) is 0 Å². The highest BCUT2D eigenvalue weighted by Gasteiger charge is 2.23. The molecule has 2 aromatic rings. The number of nitrogens with zero attached hydrogens (tertiary/aromatic N) is 1. The number of anilines is 1. The number of aryl methyl sites for hydroxylation is 2. The Balaban J connectivity index is 1.60. The summed E-state index contributed by atoms with van der Waals surface area (Å²) in [6.07, 6.45) is -0.137. The van der Waals surface area contributed by atoms with Crippen LogP contribution in [0.2, 0.25) is 0 Å². The summed E-state index contributed by atoms with van der Waals surface area (Å²) in [6.45, 7) is 6.17. The molecule has 4 nitrogen and oxygen atoms in total. The zero-order valence-corrected chi connectivity index (χ0v) is 14.6. The summed E-state index contributed by atoms with van der Waals surface area (Å²) in [6, 6.07) is 12.3. The molecule has 1 unspecified atom stereocenters. The number of carbonyl (C=O) groups excluding carboxylic acids is 1. The van der Waals surface area contributed by atoms with Crippen LogP contribution in [0.1, 0.15) is 22.8 Å². The van der Waals surface area contributed by atoms with Crippen molar-refractivity contribution in [3.8, 4) is 0 Å². The van der Waals surface area contributed by atoms with Gasteiger partial charge in [-0.3, -0.25) is 9.69 Å². The van der Waals surface area contributed by atoms with Gasteiger partial charge < -0.3 is 10.1 Å². The van der Waals surface area contributed by atoms with E-state index in [-0.39, 0.29) is 17.8 Å². The van der Waals surface area contributed by atoms with Crippen molar-refractivity contribution in [3.63, 3.8) is 0 Å². The highest BCUT2D eigenvalue weighted by atomic mass is 19.1. The fraction of sp³-hybridized carbons (Fsp3) is 0.350. The molecule has 1 heterocycles. The lowest BCUT2D eigenvalue weighted by atomic mass is 10.1. The van der Waals surface area contributed by atoms with Crippen LogP contribution < -0.4 is 5.32 Å². The fourth-order valence-corrected chi connectivity index (χ4v) is 3.12. The topological polar surface area (TPSA) is 41.6 Å². The third-order valence-corrected chi connectivity index (χ3v) is 4.51. The minimum Gasteiger partial charge on any atom is -0.371 e. The normalized spacial score (nSPS) is 18.1. The molecule has 1 amide bonds. The quantitative estimate of drug-likeness (QED) is 0.925. The Morgan fingerprint density at radius 2 is 1.88 bits per heavy atom. The molecule has 1 fully saturated rings. The third kappa shape index (κ3) is 4.44. The van der Waals surface area contributed by atoms with E-state index in [0.717, 1.165) is 22.4 Å². The van der Waals surface area contributed by atoms with Crippen molar-refractivity contribution >= 4 is 11.6 Å². The summed E-state index contributed by atoms with van der Waals surface area (Å²) in [7, 11) is 0. The molecule has 132 valence electrons. The molecule has 0 spiro atoms. The van der Waals surface area contributed by atoms with Gasteiger partial charge in [-0.2, -0.15) is 0 Å². The molecule has 0 bridgehead atoms. The molecule has 2 aromatic carbocycles. The van der Waals surface area contributed by atoms with Gasteiger partial charge in [0.05, 0.1) is 19.3 Å². The molecule has 3 rings (SSSR count). The van der Waals surface area contributed by atoms with Crippen LogP contribution in [0.5, 0.6) is 0 Å². The number of benzene rings is 2. The maximum atomic E-state index is 13.1. The van der Waals surface area contributed by atoms with E-state index in [1.165, 1.54) is 12.1 Å². The molecule has 5 heteroatoms. The summed E-state index contributed by atoms with van der Waals surface area (Å²) >= 11 is 0. The van der Waals surface area contributed by atoms with Crippen molar-refractivity contribution < 1.29 is 13.9 Å². The van der Waals surface area contributed by atoms with Crippen molar-refractivity contribution in [2.75, 3.05) is 31.6 Å². The molecule has 0 saturated carbocycles. The van der Waals surface area contributed by atoms with E-state index in [4.69, 9.17) is 4.74 Å². The van der Waals surface area contributed by atoms with Gasteiger partial charge in [-0.1, -0.05) is 30.3 Å². The predicted octanol–water partition coefficient (Wildman–Crippen LogP) is 3.45. The number of carbonyl (C=O) groups is 1. The molecule has 1 aliphatic heterocycles. The molecule has 0 aliphatic carbocycles. The average molecular weight is 342 g/mol. The molecule has 0 aromatic heterocycles. The molecule has 1 saturated heterocycles. The van der Waals surface area contributed by atoms with Crippen LogP contribution in [0.3, 0.4) is 0 Å². The van der Waals surface area contributed by atoms with E-state index in [0.29, 0.717) is 26.2 Å². The first-order chi connectivity index (χ1) is 12.0. The first-order valence-electron chi connectivity index (χ1n) is 8.48. The minimum absolute atomic E-state index is 0.0304. The van der Waals surface area contributed by atoms with Gasteiger partial charge in [-0.15, -0.1) is 0 Å². The van der Waals surface area contributed by atoms with Crippen LogP contribution in [0.15, 0.2) is 42.5 Å². The first kappa shape index (κ1) is 17.6. The number of nitrogens with one attached hydrogen (secondary N) is 1. The smallest absolute Gasteiger partial charge is 0.238 e. The second-order valence-electron chi connectivity index (χ2n) is 6.46. The number of hydrogen-bond donors (Lipinski definition) is 1. The Labute approximate surface area is 147 Å². The van der Waals surface area contributed by atoms with Crippen molar-refractivity contribution in [3.05, 3.63) is 65.0 Å². The molecular weight excluding hydrogens is 319 g/mol. The molecule has 1 aliphatic rings. The summed E-state index contributed by atoms with van der Waals surface area (Å²) < 4.78 is 18.8. The SMILES string of the molecule is Cc1cccc(C)c1NC(=O)CN1CCOC(c2ccc(F)cc2)C1. The Bertz CT molecular complexity index is 726. The summed E-state index contributed by atoms with van der Waals surface area (Å²) in [4.78, 5) is 14.5. The molecule has 1 N–H and O–H groups in total. The lowest BCUT2D eigenvalue weighted by molar-refractivity contribution is -0.119. The Morgan fingerprint density at radius 1 is 1.20 bits per heavy atom. The Hall–Kier alpha value is -2.24. The number of rotatable bonds is 4. The number of hydrogen-bond acceptors (Lipinski definition) is 3. The van der Waals surface area contributed by atoms with E-state index in [1.807, 2.05) is 32.0 Å². The standard InChI is InChI=1S/C20H23FN2O2/c1-14-4-3-5-15(2)20(14)22-19(24)13-23-10-11-25-18(12-23)16-6-8-17(21)9-7-16/h3-9,18H,10-13H2,1-2H3,(H,22,24). The summed E-state index contributed by atoms with van der Waals surface area (Å²) in [5.74, 6) is -0.290. The van der Waals surface area contributed by atoms with Gasteiger partial charge >= 0.3 is 0 Å². The molecule has 1 atom stereocenters. The first-order valence-corrected chi connectivity index (χ1v) is 8.48. The zero-order chi connectivity index (χ0) is 17.8. The van der Waals surface area contributed by atoms with E-state index in [9.17, 15) is 9.18 Å². The lowest BCUT2D eigenvalue weighted by Crippen LogP contribution is -2.42. The van der Waals surface area contributed by atoms with Crippen molar-refractivity contribution in [1.82, 2.24) is 4.90 Å². The van der Waals surface area contributed by atoms with E-state index < -0.39 is 0 Å². The van der Waals surface area contributed by atoms with E-state index in [1.54, 1.807) is 12.1 Å². The highest BCUT2D eigenvalue weighted by Crippen LogP contribution is 2.23. The van der Waals surface area contributed by atoms with Gasteiger partial charge in [0.1, 0.15) is 5.82 Å². The number of ether oxygens (including phenoxy) is 1. The summed E-state index contributed by atoms with van der Waals surface area (Å²) in [5, 5.41) is 3.02. The number of morpholine rings is 1. The summed E-state index contributed by atoms with van der Waals surface area (Å²) in [5.41, 5.74) is 3.93. The second kappa shape index (κ2) is 7.76. The van der Waals surface area contributed by atoms with Crippen molar-refractivity contribution in [2.24, 2.45) is 0 Å². The van der Waals surface area contributed by atoms with Crippen LogP contribution in [-0.4, -0.2) is 37.0 Å². The van der Waals surface area contributed by atoms with Crippen molar-refractivity contribution in [2.45, 2.75) is 20.0 Å². The Kier molecular flexibility index (Phi) is 5.46. The zero-order valence-electron chi connectivity index (χ0n) is 14.6. The largest absolute Gasteiger partial charge is 0.371 e. The van der Waals surface area contributed by atoms with E-state index in [2.05, 4.69) is 10.2 Å². The van der Waals surface area contributed by atoms with Crippen LogP contribution in [-0.2, 0) is 9.53 Å². The van der Waals surface area contributed by atoms with Crippen LogP contribution >= 0.6 is 0 Å². The van der Waals surface area contributed by atoms with Gasteiger partial charge in [-0.25, -0.2) is 4.39 Å². The maximum Gasteiger partial charge on any atom is 0.238 e. The van der Waals surface area contributed by atoms with Gasteiger partial charge in [0.2, 0.25) is 5.91 Å². The average Bonchev–Trinajstić information content (AvgIpc) is 2.59. The number of para-hydroxylation sites is 1. The maximum absolute atomic E-state index is 13.1. The predicted molar refractivity (Wildman–Crippen MR) is 96.1 cm³/mol. The minimum atomic E-state index is -0.260. The molecule has 0 radical (unpaired) electrons. The third-order valence-electron chi connectivity index (χ3n) is 4.51. The molecular formula is C20H23FN2O2. The van der Waals surface area contributed by atoms with Gasteiger partial charge in [0.15, 0.2) is 0 Å².